The number of nitrogens with zero attached hydrogens (tertiary/aromatic N) is 2. The molecule has 0 bridgehead atoms. The molecule has 1 atom stereocenters. The number of carbonyl (C=O) groups excluding carboxylic acids is 2. The van der Waals surface area contributed by atoms with Crippen molar-refractivity contribution >= 4 is 29.1 Å². The highest BCUT2D eigenvalue weighted by Gasteiger charge is 2.31. The van der Waals surface area contributed by atoms with Crippen LogP contribution >= 0.6 is 0 Å². The van der Waals surface area contributed by atoms with Crippen LogP contribution in [0.3, 0.4) is 0 Å². The Balaban J connectivity index is 1.44. The van der Waals surface area contributed by atoms with Crippen molar-refractivity contribution in [2.45, 2.75) is 12.3 Å². The predicted octanol–water partition coefficient (Wildman–Crippen LogP) is 4.39. The summed E-state index contributed by atoms with van der Waals surface area (Å²) < 4.78 is 13.0. The number of hydrogen-bond donors (Lipinski definition) is 2. The molecule has 0 aliphatic carbocycles. The van der Waals surface area contributed by atoms with Gasteiger partial charge in [0.1, 0.15) is 11.6 Å². The number of aromatic nitrogens is 1. The topological polar surface area (TPSA) is 74.3 Å². The number of nitrogens with one attached hydrogen (secondary N) is 2. The zero-order valence-corrected chi connectivity index (χ0v) is 15.5. The number of urea groups is 1. The molecule has 1 aliphatic heterocycles. The van der Waals surface area contributed by atoms with Crippen LogP contribution in [0.4, 0.5) is 26.4 Å². The summed E-state index contributed by atoms with van der Waals surface area (Å²) in [5.74, 6) is 0.106. The molecular formula is C22H19FN4O2. The number of hydrogen-bond acceptors (Lipinski definition) is 3. The van der Waals surface area contributed by atoms with Gasteiger partial charge in [-0.05, 0) is 35.9 Å². The van der Waals surface area contributed by atoms with Crippen molar-refractivity contribution in [1.82, 2.24) is 4.98 Å². The van der Waals surface area contributed by atoms with Gasteiger partial charge in [0.2, 0.25) is 5.91 Å². The lowest BCUT2D eigenvalue weighted by Gasteiger charge is -2.18. The van der Waals surface area contributed by atoms with Gasteiger partial charge < -0.3 is 10.2 Å². The molecule has 6 nitrogen and oxygen atoms in total. The number of amides is 3. The van der Waals surface area contributed by atoms with Crippen molar-refractivity contribution < 1.29 is 14.0 Å². The Morgan fingerprint density at radius 3 is 2.55 bits per heavy atom. The fourth-order valence-electron chi connectivity index (χ4n) is 3.37. The van der Waals surface area contributed by atoms with Gasteiger partial charge in [-0.1, -0.05) is 30.3 Å². The Labute approximate surface area is 167 Å². The summed E-state index contributed by atoms with van der Waals surface area (Å²) in [6, 6.07) is 18.3. The number of benzene rings is 2. The predicted molar refractivity (Wildman–Crippen MR) is 109 cm³/mol. The Kier molecular flexibility index (Phi) is 5.20. The van der Waals surface area contributed by atoms with E-state index >= 15 is 0 Å². The molecule has 0 unspecified atom stereocenters. The van der Waals surface area contributed by atoms with E-state index in [1.807, 2.05) is 30.3 Å². The first-order chi connectivity index (χ1) is 14.1. The molecule has 1 aliphatic rings. The number of halogens is 1. The third-order valence-corrected chi connectivity index (χ3v) is 4.79. The fraction of sp³-hybridized carbons (Fsp3) is 0.136. The molecule has 7 heteroatoms. The van der Waals surface area contributed by atoms with Crippen molar-refractivity contribution in [1.29, 1.82) is 0 Å². The monoisotopic (exact) mass is 390 g/mol. The molecule has 2 aromatic carbocycles. The summed E-state index contributed by atoms with van der Waals surface area (Å²) in [5.41, 5.74) is 2.27. The van der Waals surface area contributed by atoms with Crippen molar-refractivity contribution in [2.75, 3.05) is 22.1 Å². The van der Waals surface area contributed by atoms with E-state index in [2.05, 4.69) is 15.6 Å². The quantitative estimate of drug-likeness (QED) is 0.694. The van der Waals surface area contributed by atoms with E-state index in [4.69, 9.17) is 0 Å². The Hall–Kier alpha value is -3.74. The fourth-order valence-corrected chi connectivity index (χ4v) is 3.37. The molecule has 1 aromatic heterocycles. The smallest absolute Gasteiger partial charge is 0.312 e. The highest BCUT2D eigenvalue weighted by atomic mass is 19.1. The van der Waals surface area contributed by atoms with Gasteiger partial charge in [-0.15, -0.1) is 0 Å². The van der Waals surface area contributed by atoms with Crippen LogP contribution in [0.2, 0.25) is 0 Å². The van der Waals surface area contributed by atoms with Crippen LogP contribution in [-0.2, 0) is 4.79 Å². The highest BCUT2D eigenvalue weighted by Crippen LogP contribution is 2.32. The molecule has 1 fully saturated rings. The first kappa shape index (κ1) is 18.6. The summed E-state index contributed by atoms with van der Waals surface area (Å²) in [6.07, 6.45) is 1.99. The van der Waals surface area contributed by atoms with Gasteiger partial charge in [0.15, 0.2) is 0 Å². The SMILES string of the molecule is O=C(Nc1ccc(F)cc1)Nc1cc(N2C[C@@H](c3ccccc3)CC2=O)ccn1. The lowest BCUT2D eigenvalue weighted by Crippen LogP contribution is -2.25. The molecule has 146 valence electrons. The van der Waals surface area contributed by atoms with Crippen molar-refractivity contribution in [3.8, 4) is 0 Å². The average Bonchev–Trinajstić information content (AvgIpc) is 3.12. The second kappa shape index (κ2) is 8.10. The van der Waals surface area contributed by atoms with Crippen molar-refractivity contribution in [3.05, 3.63) is 84.3 Å². The van der Waals surface area contributed by atoms with Gasteiger partial charge in [0.05, 0.1) is 0 Å². The largest absolute Gasteiger partial charge is 0.324 e. The summed E-state index contributed by atoms with van der Waals surface area (Å²) in [6.45, 7) is 0.577. The van der Waals surface area contributed by atoms with E-state index in [9.17, 15) is 14.0 Å². The lowest BCUT2D eigenvalue weighted by molar-refractivity contribution is -0.117. The first-order valence-corrected chi connectivity index (χ1v) is 9.23. The van der Waals surface area contributed by atoms with E-state index < -0.39 is 6.03 Å². The zero-order valence-electron chi connectivity index (χ0n) is 15.5. The average molecular weight is 390 g/mol. The summed E-state index contributed by atoms with van der Waals surface area (Å²) in [5, 5.41) is 5.24. The van der Waals surface area contributed by atoms with Gasteiger partial charge >= 0.3 is 6.03 Å². The van der Waals surface area contributed by atoms with E-state index in [0.717, 1.165) is 5.56 Å². The molecule has 2 N–H and O–H groups in total. The third-order valence-electron chi connectivity index (χ3n) is 4.79. The van der Waals surface area contributed by atoms with Crippen LogP contribution < -0.4 is 15.5 Å². The molecule has 2 heterocycles. The lowest BCUT2D eigenvalue weighted by atomic mass is 9.99. The number of carbonyl (C=O) groups is 2. The van der Waals surface area contributed by atoms with E-state index in [1.54, 1.807) is 23.2 Å². The minimum absolute atomic E-state index is 0.0340. The van der Waals surface area contributed by atoms with Crippen LogP contribution in [0.25, 0.3) is 0 Å². The zero-order chi connectivity index (χ0) is 20.2. The second-order valence-electron chi connectivity index (χ2n) is 6.80. The number of rotatable bonds is 4. The van der Waals surface area contributed by atoms with Gasteiger partial charge in [-0.2, -0.15) is 0 Å². The van der Waals surface area contributed by atoms with Crippen molar-refractivity contribution in [3.63, 3.8) is 0 Å². The van der Waals surface area contributed by atoms with E-state index in [0.29, 0.717) is 30.2 Å². The van der Waals surface area contributed by atoms with Crippen LogP contribution in [-0.4, -0.2) is 23.5 Å². The molecule has 0 saturated carbocycles. The highest BCUT2D eigenvalue weighted by molar-refractivity contribution is 6.00. The molecule has 1 saturated heterocycles. The van der Waals surface area contributed by atoms with Gasteiger partial charge in [-0.25, -0.2) is 14.2 Å². The van der Waals surface area contributed by atoms with Gasteiger partial charge in [-0.3, -0.25) is 10.1 Å². The molecule has 4 rings (SSSR count). The van der Waals surface area contributed by atoms with Crippen LogP contribution in [0.5, 0.6) is 0 Å². The van der Waals surface area contributed by atoms with Crippen LogP contribution in [0.15, 0.2) is 72.9 Å². The number of pyridine rings is 1. The maximum atomic E-state index is 13.0. The second-order valence-corrected chi connectivity index (χ2v) is 6.80. The molecular weight excluding hydrogens is 371 g/mol. The Morgan fingerprint density at radius 1 is 1.03 bits per heavy atom. The Bertz CT molecular complexity index is 1020. The van der Waals surface area contributed by atoms with Gasteiger partial charge in [0.25, 0.3) is 0 Å². The molecule has 3 amide bonds. The maximum Gasteiger partial charge on any atom is 0.324 e. The summed E-state index contributed by atoms with van der Waals surface area (Å²) >= 11 is 0. The Morgan fingerprint density at radius 2 is 1.79 bits per heavy atom. The van der Waals surface area contributed by atoms with Gasteiger partial charge in [0, 0.05) is 42.5 Å². The van der Waals surface area contributed by atoms with E-state index in [1.165, 1.54) is 24.3 Å². The minimum atomic E-state index is -0.504. The normalized spacial score (nSPS) is 16.0. The molecule has 3 aromatic rings. The number of anilines is 3. The molecule has 0 radical (unpaired) electrons. The standard InChI is InChI=1S/C22H19FN4O2/c23-17-6-8-18(9-7-17)25-22(29)26-20-13-19(10-11-24-20)27-14-16(12-21(27)28)15-4-2-1-3-5-15/h1-11,13,16H,12,14H2,(H2,24,25,26,29)/t16-/m0/s1. The summed E-state index contributed by atoms with van der Waals surface area (Å²) in [4.78, 5) is 30.5. The van der Waals surface area contributed by atoms with Crippen LogP contribution in [0, 0.1) is 5.82 Å². The minimum Gasteiger partial charge on any atom is -0.312 e. The maximum absolute atomic E-state index is 13.0. The van der Waals surface area contributed by atoms with Crippen LogP contribution in [0.1, 0.15) is 17.9 Å². The third kappa shape index (κ3) is 4.40. The summed E-state index contributed by atoms with van der Waals surface area (Å²) in [7, 11) is 0. The van der Waals surface area contributed by atoms with Crippen molar-refractivity contribution in [2.24, 2.45) is 0 Å². The van der Waals surface area contributed by atoms with E-state index in [-0.39, 0.29) is 17.6 Å². The first-order valence-electron chi connectivity index (χ1n) is 9.23. The molecule has 0 spiro atoms. The molecule has 29 heavy (non-hydrogen) atoms.